The second-order valence-corrected chi connectivity index (χ2v) is 9.11. The van der Waals surface area contributed by atoms with E-state index in [2.05, 4.69) is 40.1 Å². The lowest BCUT2D eigenvalue weighted by atomic mass is 9.69. The molecule has 122 valence electrons. The topological polar surface area (TPSA) is 21.3 Å². The molecular weight excluding hydrogens is 258 g/mol. The van der Waals surface area contributed by atoms with E-state index in [0.29, 0.717) is 16.9 Å². The summed E-state index contributed by atoms with van der Waals surface area (Å²) >= 11 is 0. The highest BCUT2D eigenvalue weighted by molar-refractivity contribution is 5.12. The lowest BCUT2D eigenvalue weighted by molar-refractivity contribution is -0.158. The Morgan fingerprint density at radius 3 is 2.19 bits per heavy atom. The van der Waals surface area contributed by atoms with Crippen molar-refractivity contribution in [2.75, 3.05) is 13.6 Å². The van der Waals surface area contributed by atoms with Crippen LogP contribution in [-0.2, 0) is 4.74 Å². The van der Waals surface area contributed by atoms with E-state index >= 15 is 0 Å². The Hall–Kier alpha value is -0.0800. The van der Waals surface area contributed by atoms with Crippen molar-refractivity contribution < 1.29 is 4.74 Å². The van der Waals surface area contributed by atoms with Gasteiger partial charge in [0.05, 0.1) is 11.7 Å². The van der Waals surface area contributed by atoms with Crippen LogP contribution < -0.4 is 5.32 Å². The van der Waals surface area contributed by atoms with Gasteiger partial charge in [-0.25, -0.2) is 0 Å². The second kappa shape index (κ2) is 5.23. The average molecular weight is 293 g/mol. The maximum Gasteiger partial charge on any atom is 0.0810 e. The third kappa shape index (κ3) is 2.37. The van der Waals surface area contributed by atoms with Gasteiger partial charge in [0.2, 0.25) is 0 Å². The minimum absolute atomic E-state index is 0.107. The van der Waals surface area contributed by atoms with Crippen molar-refractivity contribution in [1.29, 1.82) is 0 Å². The highest BCUT2D eigenvalue weighted by atomic mass is 16.5. The Morgan fingerprint density at radius 1 is 1.05 bits per heavy atom. The predicted octanol–water partition coefficient (Wildman–Crippen LogP) is 4.39. The lowest BCUT2D eigenvalue weighted by Crippen LogP contribution is -2.50. The summed E-state index contributed by atoms with van der Waals surface area (Å²) in [4.78, 5) is 0. The van der Waals surface area contributed by atoms with Crippen molar-refractivity contribution in [2.24, 2.45) is 22.7 Å². The van der Waals surface area contributed by atoms with E-state index in [-0.39, 0.29) is 5.60 Å². The minimum Gasteiger partial charge on any atom is -0.370 e. The van der Waals surface area contributed by atoms with Gasteiger partial charge in [0.15, 0.2) is 0 Å². The van der Waals surface area contributed by atoms with E-state index < -0.39 is 0 Å². The minimum atomic E-state index is 0.107. The van der Waals surface area contributed by atoms with E-state index in [9.17, 15) is 0 Å². The Bertz CT molecular complexity index is 383. The first-order chi connectivity index (χ1) is 9.83. The zero-order valence-corrected chi connectivity index (χ0v) is 14.8. The van der Waals surface area contributed by atoms with Crippen molar-refractivity contribution >= 4 is 0 Å². The van der Waals surface area contributed by atoms with E-state index in [0.717, 1.165) is 18.4 Å². The first-order valence-electron chi connectivity index (χ1n) is 9.15. The van der Waals surface area contributed by atoms with Crippen LogP contribution in [0.1, 0.15) is 72.6 Å². The van der Waals surface area contributed by atoms with Crippen molar-refractivity contribution in [3.63, 3.8) is 0 Å². The smallest absolute Gasteiger partial charge is 0.0810 e. The number of hydrogen-bond acceptors (Lipinski definition) is 2. The Kier molecular flexibility index (Phi) is 3.94. The van der Waals surface area contributed by atoms with Gasteiger partial charge in [-0.3, -0.25) is 0 Å². The number of nitrogens with one attached hydrogen (secondary N) is 1. The largest absolute Gasteiger partial charge is 0.370 e. The molecule has 0 amide bonds. The SMILES string of the molecule is CNCC1(OC2CC3CCC2(C)C3(C)C)CCC(C)CC1. The first-order valence-corrected chi connectivity index (χ1v) is 9.15. The molecule has 3 rings (SSSR count). The molecule has 0 heterocycles. The van der Waals surface area contributed by atoms with Gasteiger partial charge in [0, 0.05) is 6.54 Å². The molecule has 3 fully saturated rings. The maximum absolute atomic E-state index is 6.94. The monoisotopic (exact) mass is 293 g/mol. The third-order valence-electron chi connectivity index (χ3n) is 7.79. The van der Waals surface area contributed by atoms with E-state index in [1.54, 1.807) is 0 Å². The van der Waals surface area contributed by atoms with Gasteiger partial charge in [0.25, 0.3) is 0 Å². The fraction of sp³-hybridized carbons (Fsp3) is 1.00. The normalized spacial score (nSPS) is 48.7. The summed E-state index contributed by atoms with van der Waals surface area (Å²) in [6.07, 6.45) is 9.70. The van der Waals surface area contributed by atoms with Crippen LogP contribution in [0.25, 0.3) is 0 Å². The fourth-order valence-electron chi connectivity index (χ4n) is 5.56. The molecule has 3 atom stereocenters. The molecule has 0 aromatic heterocycles. The molecule has 0 aromatic carbocycles. The van der Waals surface area contributed by atoms with Gasteiger partial charge < -0.3 is 10.1 Å². The van der Waals surface area contributed by atoms with Crippen LogP contribution >= 0.6 is 0 Å². The molecule has 2 heteroatoms. The number of likely N-dealkylation sites (N-methyl/N-ethyl adjacent to an activating group) is 1. The fourth-order valence-corrected chi connectivity index (χ4v) is 5.56. The Balaban J connectivity index is 1.76. The molecule has 3 aliphatic carbocycles. The van der Waals surface area contributed by atoms with Crippen LogP contribution in [0.5, 0.6) is 0 Å². The van der Waals surface area contributed by atoms with Crippen LogP contribution in [0.4, 0.5) is 0 Å². The van der Waals surface area contributed by atoms with Gasteiger partial charge in [-0.05, 0) is 74.7 Å². The van der Waals surface area contributed by atoms with E-state index in [1.807, 2.05) is 0 Å². The molecule has 3 unspecified atom stereocenters. The van der Waals surface area contributed by atoms with Crippen molar-refractivity contribution in [2.45, 2.75) is 84.3 Å². The summed E-state index contributed by atoms with van der Waals surface area (Å²) in [6.45, 7) is 10.9. The zero-order valence-electron chi connectivity index (χ0n) is 14.8. The average Bonchev–Trinajstić information content (AvgIpc) is 2.76. The zero-order chi connectivity index (χ0) is 15.3. The molecule has 1 N–H and O–H groups in total. The number of ether oxygens (including phenoxy) is 1. The number of hydrogen-bond donors (Lipinski definition) is 1. The molecule has 0 radical (unpaired) electrons. The molecule has 2 nitrogen and oxygen atoms in total. The first kappa shape index (κ1) is 15.8. The van der Waals surface area contributed by atoms with Crippen LogP contribution in [0.3, 0.4) is 0 Å². The summed E-state index contributed by atoms with van der Waals surface area (Å²) in [5.41, 5.74) is 0.956. The third-order valence-corrected chi connectivity index (χ3v) is 7.79. The van der Waals surface area contributed by atoms with Crippen LogP contribution in [0.2, 0.25) is 0 Å². The van der Waals surface area contributed by atoms with Crippen LogP contribution in [0.15, 0.2) is 0 Å². The van der Waals surface area contributed by atoms with E-state index in [4.69, 9.17) is 4.74 Å². The van der Waals surface area contributed by atoms with Gasteiger partial charge in [-0.15, -0.1) is 0 Å². The summed E-state index contributed by atoms with van der Waals surface area (Å²) in [7, 11) is 2.08. The predicted molar refractivity (Wildman–Crippen MR) is 88.4 cm³/mol. The van der Waals surface area contributed by atoms with Crippen molar-refractivity contribution in [1.82, 2.24) is 5.32 Å². The number of rotatable bonds is 4. The molecule has 21 heavy (non-hydrogen) atoms. The van der Waals surface area contributed by atoms with E-state index in [1.165, 1.54) is 44.9 Å². The molecule has 0 aromatic rings. The van der Waals surface area contributed by atoms with Crippen molar-refractivity contribution in [3.05, 3.63) is 0 Å². The summed E-state index contributed by atoms with van der Waals surface area (Å²) in [5, 5.41) is 3.42. The van der Waals surface area contributed by atoms with Gasteiger partial charge >= 0.3 is 0 Å². The van der Waals surface area contributed by atoms with Crippen molar-refractivity contribution in [3.8, 4) is 0 Å². The summed E-state index contributed by atoms with van der Waals surface area (Å²) in [5.74, 6) is 1.76. The summed E-state index contributed by atoms with van der Waals surface area (Å²) in [6, 6.07) is 0. The van der Waals surface area contributed by atoms with Gasteiger partial charge in [-0.2, -0.15) is 0 Å². The second-order valence-electron chi connectivity index (χ2n) is 9.11. The Labute approximate surface area is 131 Å². The van der Waals surface area contributed by atoms with Gasteiger partial charge in [0.1, 0.15) is 0 Å². The lowest BCUT2D eigenvalue weighted by Gasteiger charge is -2.46. The molecule has 2 bridgehead atoms. The maximum atomic E-state index is 6.94. The number of fused-ring (bicyclic) bond motifs is 2. The molecule has 0 aliphatic heterocycles. The molecule has 0 saturated heterocycles. The van der Waals surface area contributed by atoms with Gasteiger partial charge in [-0.1, -0.05) is 27.7 Å². The summed E-state index contributed by atoms with van der Waals surface area (Å²) < 4.78 is 6.94. The molecule has 3 saturated carbocycles. The molecular formula is C19H35NO. The standard InChI is InChI=1S/C19H35NO/c1-14-6-10-19(11-7-14,13-20-5)21-16-12-15-8-9-18(16,4)17(15,2)3/h14-16,20H,6-13H2,1-5H3. The van der Waals surface area contributed by atoms with Crippen LogP contribution in [0, 0.1) is 22.7 Å². The highest BCUT2D eigenvalue weighted by Crippen LogP contribution is 2.66. The van der Waals surface area contributed by atoms with Crippen LogP contribution in [-0.4, -0.2) is 25.3 Å². The molecule has 0 spiro atoms. The Morgan fingerprint density at radius 2 is 1.71 bits per heavy atom. The molecule has 3 aliphatic rings. The highest BCUT2D eigenvalue weighted by Gasteiger charge is 2.63. The quantitative estimate of drug-likeness (QED) is 0.830.